The Hall–Kier alpha value is -2.42. The number of hydrogen-bond acceptors (Lipinski definition) is 12. The lowest BCUT2D eigenvalue weighted by Gasteiger charge is -2.53. The highest BCUT2D eigenvalue weighted by molar-refractivity contribution is 8.00. The third-order valence-electron chi connectivity index (χ3n) is 7.49. The molecule has 0 aromatic carbocycles. The number of thioether (sulfide) groups is 1. The van der Waals surface area contributed by atoms with E-state index in [0.717, 1.165) is 41.2 Å². The number of amides is 1. The molecular weight excluding hydrogens is 492 g/mol. The molecule has 5 rings (SSSR count). The fourth-order valence-electron chi connectivity index (χ4n) is 5.98. The molecule has 4 aliphatic rings. The first-order valence-electron chi connectivity index (χ1n) is 11.6. The van der Waals surface area contributed by atoms with Crippen LogP contribution in [0.2, 0.25) is 0 Å². The molecule has 1 aromatic rings. The number of fused-ring (bicyclic) bond motifs is 2. The largest absolute Gasteiger partial charge is 0.543 e. The lowest BCUT2D eigenvalue weighted by Crippen LogP contribution is -2.68. The average molecular weight is 523 g/mol. The second-order valence-electron chi connectivity index (χ2n) is 9.99. The van der Waals surface area contributed by atoms with E-state index >= 15 is 0 Å². The molecule has 4 aliphatic heterocycles. The van der Waals surface area contributed by atoms with Crippen LogP contribution >= 0.6 is 23.3 Å². The van der Waals surface area contributed by atoms with Crippen molar-refractivity contribution < 1.29 is 24.0 Å². The second-order valence-corrected chi connectivity index (χ2v) is 11.9. The molecule has 0 radical (unpaired) electrons. The molecular formula is C21H30N8O4S2. The predicted molar refractivity (Wildman–Crippen MR) is 130 cm³/mol. The molecule has 3 unspecified atom stereocenters. The van der Waals surface area contributed by atoms with Gasteiger partial charge in [0.25, 0.3) is 5.91 Å². The summed E-state index contributed by atoms with van der Waals surface area (Å²) in [5.74, 6) is -0.281. The standard InChI is InChI=1S/C21H30N8O4S2/c1-27-5-4-11-7-29(2,9-14(11)27)8-12-10-34-19-13(6-28(19)16(12)20(31)32)23-18(30)15(25-33-3)17-24-21(22)35-26-17/h11,13-14,19H,4-10H2,1-3H3,(H3-,22,23,24,26,30,31,32)/b25-15-/t11?,13-,14?,19-,29?/m1/s1. The number of carboxylic acids is 1. The zero-order valence-electron chi connectivity index (χ0n) is 20.0. The van der Waals surface area contributed by atoms with Gasteiger partial charge in [-0.3, -0.25) is 9.69 Å². The lowest BCUT2D eigenvalue weighted by molar-refractivity contribution is -0.895. The number of rotatable bonds is 7. The quantitative estimate of drug-likeness (QED) is 0.237. The van der Waals surface area contributed by atoms with E-state index in [9.17, 15) is 14.7 Å². The fraction of sp³-hybridized carbons (Fsp3) is 0.667. The highest BCUT2D eigenvalue weighted by atomic mass is 32.2. The number of hydrogen-bond donors (Lipinski definition) is 2. The van der Waals surface area contributed by atoms with Crippen molar-refractivity contribution >= 4 is 46.0 Å². The third-order valence-corrected chi connectivity index (χ3v) is 9.48. The zero-order valence-corrected chi connectivity index (χ0v) is 21.6. The van der Waals surface area contributed by atoms with Crippen LogP contribution in [0.4, 0.5) is 5.13 Å². The Morgan fingerprint density at radius 1 is 1.40 bits per heavy atom. The maximum Gasteiger partial charge on any atom is 0.277 e. The minimum absolute atomic E-state index is 0.0713. The summed E-state index contributed by atoms with van der Waals surface area (Å²) < 4.78 is 4.89. The minimum Gasteiger partial charge on any atom is -0.543 e. The van der Waals surface area contributed by atoms with Crippen molar-refractivity contribution in [3.8, 4) is 0 Å². The molecule has 1 amide bonds. The van der Waals surface area contributed by atoms with Gasteiger partial charge in [0, 0.05) is 35.3 Å². The number of aromatic nitrogens is 2. The normalized spacial score (nSPS) is 32.8. The topological polar surface area (TPSA) is 149 Å². The summed E-state index contributed by atoms with van der Waals surface area (Å²) in [6, 6.07) is 0.316. The van der Waals surface area contributed by atoms with E-state index in [4.69, 9.17) is 10.6 Å². The number of carbonyl (C=O) groups excluding carboxylic acids is 2. The molecule has 0 aliphatic carbocycles. The molecule has 0 bridgehead atoms. The van der Waals surface area contributed by atoms with Gasteiger partial charge >= 0.3 is 0 Å². The van der Waals surface area contributed by atoms with Crippen LogP contribution in [0, 0.1) is 5.92 Å². The van der Waals surface area contributed by atoms with Crippen LogP contribution in [0.3, 0.4) is 0 Å². The van der Waals surface area contributed by atoms with Crippen molar-refractivity contribution in [2.24, 2.45) is 11.1 Å². The molecule has 5 heterocycles. The van der Waals surface area contributed by atoms with Gasteiger partial charge in [-0.1, -0.05) is 5.16 Å². The molecule has 0 saturated carbocycles. The van der Waals surface area contributed by atoms with Crippen LogP contribution < -0.4 is 16.2 Å². The van der Waals surface area contributed by atoms with Crippen molar-refractivity contribution in [2.75, 3.05) is 65.4 Å². The van der Waals surface area contributed by atoms with Crippen LogP contribution in [-0.2, 0) is 14.4 Å². The van der Waals surface area contributed by atoms with E-state index in [1.165, 1.54) is 13.5 Å². The Morgan fingerprint density at radius 2 is 2.20 bits per heavy atom. The summed E-state index contributed by atoms with van der Waals surface area (Å²) >= 11 is 2.60. The van der Waals surface area contributed by atoms with Crippen LogP contribution in [0.25, 0.3) is 0 Å². The van der Waals surface area contributed by atoms with E-state index in [2.05, 4.69) is 38.8 Å². The van der Waals surface area contributed by atoms with Crippen LogP contribution in [0.5, 0.6) is 0 Å². The van der Waals surface area contributed by atoms with E-state index in [-0.39, 0.29) is 33.8 Å². The number of nitrogens with two attached hydrogens (primary N) is 1. The Morgan fingerprint density at radius 3 is 2.86 bits per heavy atom. The summed E-state index contributed by atoms with van der Waals surface area (Å²) in [4.78, 5) is 38.2. The van der Waals surface area contributed by atoms with Gasteiger partial charge in [0.1, 0.15) is 13.7 Å². The first kappa shape index (κ1) is 24.3. The first-order chi connectivity index (χ1) is 16.7. The molecule has 190 valence electrons. The summed E-state index contributed by atoms with van der Waals surface area (Å²) in [7, 11) is 5.75. The van der Waals surface area contributed by atoms with Crippen LogP contribution in [-0.4, -0.2) is 118 Å². The summed E-state index contributed by atoms with van der Waals surface area (Å²) in [5.41, 5.74) is 6.76. The highest BCUT2D eigenvalue weighted by Crippen LogP contribution is 2.41. The second kappa shape index (κ2) is 9.22. The van der Waals surface area contributed by atoms with Crippen molar-refractivity contribution in [3.63, 3.8) is 0 Å². The number of carboxylic acid groups (broad SMARTS) is 1. The molecule has 3 saturated heterocycles. The number of carbonyl (C=O) groups is 2. The molecule has 12 nitrogen and oxygen atoms in total. The summed E-state index contributed by atoms with van der Waals surface area (Å²) in [6.07, 6.45) is 1.21. The van der Waals surface area contributed by atoms with Crippen molar-refractivity contribution in [2.45, 2.75) is 23.9 Å². The van der Waals surface area contributed by atoms with Gasteiger partial charge in [-0.25, -0.2) is 0 Å². The van der Waals surface area contributed by atoms with Gasteiger partial charge in [0.15, 0.2) is 5.13 Å². The Balaban J connectivity index is 1.27. The summed E-state index contributed by atoms with van der Waals surface area (Å²) in [5, 5.41) is 18.9. The van der Waals surface area contributed by atoms with E-state index in [1.807, 2.05) is 4.90 Å². The number of oxime groups is 1. The maximum absolute atomic E-state index is 12.9. The Labute approximate surface area is 211 Å². The number of aliphatic carboxylic acids is 1. The SMILES string of the molecule is CO/N=C(\C(=O)N[C@@H]1CN2C(C(=O)[O-])=C(C[N+]3(C)CC4CCN(C)C4C3)CS[C@H]12)c1nsc(N)n1. The number of likely N-dealkylation sites (N-methyl/N-ethyl adjacent to an activating group) is 2. The number of nitrogen functional groups attached to an aromatic ring is 1. The maximum atomic E-state index is 12.9. The molecule has 14 heteroatoms. The number of quaternary nitrogens is 1. The molecule has 35 heavy (non-hydrogen) atoms. The Bertz CT molecular complexity index is 1090. The summed E-state index contributed by atoms with van der Waals surface area (Å²) in [6.45, 7) is 4.33. The van der Waals surface area contributed by atoms with Gasteiger partial charge in [-0.05, 0) is 20.0 Å². The van der Waals surface area contributed by atoms with Gasteiger partial charge in [-0.2, -0.15) is 9.36 Å². The van der Waals surface area contributed by atoms with Crippen LogP contribution in [0.1, 0.15) is 12.2 Å². The molecule has 1 aromatic heterocycles. The monoisotopic (exact) mass is 522 g/mol. The lowest BCUT2D eigenvalue weighted by atomic mass is 10.0. The molecule has 3 N–H and O–H groups in total. The molecule has 5 atom stereocenters. The van der Waals surface area contributed by atoms with Gasteiger partial charge in [-0.15, -0.1) is 11.8 Å². The van der Waals surface area contributed by atoms with Crippen molar-refractivity contribution in [1.82, 2.24) is 24.5 Å². The third kappa shape index (κ3) is 4.47. The van der Waals surface area contributed by atoms with E-state index < -0.39 is 11.9 Å². The number of nitrogens with one attached hydrogen (secondary N) is 1. The number of nitrogens with zero attached hydrogens (tertiary/aromatic N) is 6. The molecule has 3 fully saturated rings. The number of anilines is 1. The van der Waals surface area contributed by atoms with E-state index in [0.29, 0.717) is 30.8 Å². The average Bonchev–Trinajstić information content (AvgIpc) is 3.45. The minimum atomic E-state index is -1.15. The van der Waals surface area contributed by atoms with E-state index in [1.54, 1.807) is 11.8 Å². The zero-order chi connectivity index (χ0) is 24.9. The van der Waals surface area contributed by atoms with Gasteiger partial charge in [0.05, 0.1) is 49.3 Å². The van der Waals surface area contributed by atoms with Crippen LogP contribution in [0.15, 0.2) is 16.4 Å². The van der Waals surface area contributed by atoms with Gasteiger partial charge < -0.3 is 35.2 Å². The van der Waals surface area contributed by atoms with Gasteiger partial charge in [0.2, 0.25) is 11.5 Å². The smallest absolute Gasteiger partial charge is 0.277 e. The number of likely N-dealkylation sites (tertiary alicyclic amines) is 2. The van der Waals surface area contributed by atoms with Crippen molar-refractivity contribution in [3.05, 3.63) is 17.1 Å². The first-order valence-corrected chi connectivity index (χ1v) is 13.4. The Kier molecular flexibility index (Phi) is 6.40. The molecule has 0 spiro atoms. The highest BCUT2D eigenvalue weighted by Gasteiger charge is 2.50. The fourth-order valence-corrected chi connectivity index (χ4v) is 7.77. The van der Waals surface area contributed by atoms with Crippen molar-refractivity contribution in [1.29, 1.82) is 0 Å². The predicted octanol–water partition coefficient (Wildman–Crippen LogP) is -1.87.